The molecule has 1 aromatic rings. The zero-order chi connectivity index (χ0) is 12.7. The molecule has 0 saturated heterocycles. The van der Waals surface area contributed by atoms with Gasteiger partial charge in [0.1, 0.15) is 0 Å². The first-order valence-electron chi connectivity index (χ1n) is 5.79. The van der Waals surface area contributed by atoms with Gasteiger partial charge in [-0.05, 0) is 44.5 Å². The fourth-order valence-electron chi connectivity index (χ4n) is 1.45. The van der Waals surface area contributed by atoms with Crippen molar-refractivity contribution in [2.45, 2.75) is 32.0 Å². The van der Waals surface area contributed by atoms with Crippen LogP contribution >= 0.6 is 27.7 Å². The fourth-order valence-corrected chi connectivity index (χ4v) is 2.88. The van der Waals surface area contributed by atoms with E-state index in [0.717, 1.165) is 10.2 Å². The van der Waals surface area contributed by atoms with Crippen LogP contribution in [-0.2, 0) is 9.47 Å². The van der Waals surface area contributed by atoms with Gasteiger partial charge >= 0.3 is 0 Å². The molecular formula is C13H19BrO2S. The zero-order valence-electron chi connectivity index (χ0n) is 10.5. The Kier molecular flexibility index (Phi) is 7.19. The van der Waals surface area contributed by atoms with Crippen LogP contribution in [0.5, 0.6) is 0 Å². The van der Waals surface area contributed by atoms with E-state index >= 15 is 0 Å². The van der Waals surface area contributed by atoms with Gasteiger partial charge in [0.15, 0.2) is 6.29 Å². The monoisotopic (exact) mass is 318 g/mol. The summed E-state index contributed by atoms with van der Waals surface area (Å²) in [6, 6.07) is 6.31. The molecule has 2 nitrogen and oxygen atoms in total. The Morgan fingerprint density at radius 2 is 1.88 bits per heavy atom. The van der Waals surface area contributed by atoms with E-state index in [0.29, 0.717) is 13.2 Å². The highest BCUT2D eigenvalue weighted by molar-refractivity contribution is 9.10. The fraction of sp³-hybridized carbons (Fsp3) is 0.538. The maximum absolute atomic E-state index is 5.52. The lowest BCUT2D eigenvalue weighted by molar-refractivity contribution is -0.120. The van der Waals surface area contributed by atoms with E-state index in [1.165, 1.54) is 10.5 Å². The van der Waals surface area contributed by atoms with E-state index in [1.807, 2.05) is 13.8 Å². The molecule has 0 aromatic heterocycles. The van der Waals surface area contributed by atoms with E-state index in [2.05, 4.69) is 41.1 Å². The largest absolute Gasteiger partial charge is 0.352 e. The molecule has 0 radical (unpaired) electrons. The van der Waals surface area contributed by atoms with Gasteiger partial charge in [-0.25, -0.2) is 0 Å². The first-order valence-corrected chi connectivity index (χ1v) is 7.57. The van der Waals surface area contributed by atoms with Crippen LogP contribution in [0.1, 0.15) is 19.4 Å². The van der Waals surface area contributed by atoms with E-state index < -0.39 is 0 Å². The van der Waals surface area contributed by atoms with Crippen LogP contribution in [-0.4, -0.2) is 25.3 Å². The number of rotatable bonds is 7. The van der Waals surface area contributed by atoms with E-state index in [4.69, 9.17) is 9.47 Å². The molecule has 0 aliphatic rings. The molecule has 0 aliphatic carbocycles. The normalized spacial score (nSPS) is 11.1. The van der Waals surface area contributed by atoms with Crippen LogP contribution in [0.2, 0.25) is 0 Å². The lowest BCUT2D eigenvalue weighted by Gasteiger charge is -2.17. The maximum atomic E-state index is 5.52. The average molecular weight is 319 g/mol. The molecule has 0 atom stereocenters. The number of hydrogen-bond acceptors (Lipinski definition) is 3. The number of halogens is 1. The Morgan fingerprint density at radius 3 is 2.41 bits per heavy atom. The van der Waals surface area contributed by atoms with Crippen molar-refractivity contribution in [2.75, 3.05) is 19.0 Å². The molecule has 0 fully saturated rings. The van der Waals surface area contributed by atoms with Crippen molar-refractivity contribution in [3.63, 3.8) is 0 Å². The second-order valence-corrected chi connectivity index (χ2v) is 5.54. The highest BCUT2D eigenvalue weighted by Crippen LogP contribution is 2.26. The summed E-state index contributed by atoms with van der Waals surface area (Å²) in [6.07, 6.45) is -0.113. The SMILES string of the molecule is CCOC(CSc1ccc(Br)cc1C)OCC. The third kappa shape index (κ3) is 5.42. The van der Waals surface area contributed by atoms with E-state index in [-0.39, 0.29) is 6.29 Å². The van der Waals surface area contributed by atoms with Crippen molar-refractivity contribution in [1.82, 2.24) is 0 Å². The number of ether oxygens (including phenoxy) is 2. The Labute approximate surface area is 116 Å². The van der Waals surface area contributed by atoms with Crippen LogP contribution in [0.25, 0.3) is 0 Å². The molecule has 0 unspecified atom stereocenters. The van der Waals surface area contributed by atoms with Crippen molar-refractivity contribution < 1.29 is 9.47 Å². The average Bonchev–Trinajstić information content (AvgIpc) is 2.28. The van der Waals surface area contributed by atoms with Gasteiger partial charge in [-0.15, -0.1) is 11.8 Å². The second-order valence-electron chi connectivity index (χ2n) is 3.56. The molecule has 0 bridgehead atoms. The Morgan fingerprint density at radius 1 is 1.24 bits per heavy atom. The van der Waals surface area contributed by atoms with Crippen molar-refractivity contribution in [1.29, 1.82) is 0 Å². The number of hydrogen-bond donors (Lipinski definition) is 0. The number of thioether (sulfide) groups is 1. The van der Waals surface area contributed by atoms with Crippen molar-refractivity contribution in [3.8, 4) is 0 Å². The molecule has 4 heteroatoms. The van der Waals surface area contributed by atoms with Gasteiger partial charge in [-0.3, -0.25) is 0 Å². The lowest BCUT2D eigenvalue weighted by atomic mass is 10.2. The topological polar surface area (TPSA) is 18.5 Å². The molecule has 0 heterocycles. The Bertz CT molecular complexity index is 338. The van der Waals surface area contributed by atoms with Gasteiger partial charge in [-0.1, -0.05) is 15.9 Å². The van der Waals surface area contributed by atoms with Crippen LogP contribution < -0.4 is 0 Å². The summed E-state index contributed by atoms with van der Waals surface area (Å²) in [4.78, 5) is 1.28. The summed E-state index contributed by atoms with van der Waals surface area (Å²) >= 11 is 5.24. The minimum absolute atomic E-state index is 0.113. The van der Waals surface area contributed by atoms with Crippen molar-refractivity contribution in [3.05, 3.63) is 28.2 Å². The molecular weight excluding hydrogens is 300 g/mol. The predicted molar refractivity (Wildman–Crippen MR) is 76.6 cm³/mol. The molecule has 96 valence electrons. The summed E-state index contributed by atoms with van der Waals surface area (Å²) in [5.41, 5.74) is 1.27. The smallest absolute Gasteiger partial charge is 0.166 e. The summed E-state index contributed by atoms with van der Waals surface area (Å²) in [5, 5.41) is 0. The molecule has 0 aliphatic heterocycles. The molecule has 0 N–H and O–H groups in total. The van der Waals surface area contributed by atoms with Gasteiger partial charge in [-0.2, -0.15) is 0 Å². The second kappa shape index (κ2) is 8.14. The first-order chi connectivity index (χ1) is 8.17. The minimum Gasteiger partial charge on any atom is -0.352 e. The Hall–Kier alpha value is -0.0300. The molecule has 17 heavy (non-hydrogen) atoms. The first kappa shape index (κ1) is 15.0. The third-order valence-electron chi connectivity index (χ3n) is 2.22. The lowest BCUT2D eigenvalue weighted by Crippen LogP contribution is -2.20. The molecule has 1 aromatic carbocycles. The van der Waals surface area contributed by atoms with Gasteiger partial charge < -0.3 is 9.47 Å². The van der Waals surface area contributed by atoms with Crippen LogP contribution in [0.3, 0.4) is 0 Å². The highest BCUT2D eigenvalue weighted by atomic mass is 79.9. The quantitative estimate of drug-likeness (QED) is 0.553. The molecule has 0 spiro atoms. The van der Waals surface area contributed by atoms with Gasteiger partial charge in [0, 0.05) is 28.3 Å². The van der Waals surface area contributed by atoms with Crippen LogP contribution in [0, 0.1) is 6.92 Å². The summed E-state index contributed by atoms with van der Waals surface area (Å²) < 4.78 is 12.1. The third-order valence-corrected chi connectivity index (χ3v) is 3.92. The summed E-state index contributed by atoms with van der Waals surface area (Å²) in [6.45, 7) is 7.46. The highest BCUT2D eigenvalue weighted by Gasteiger charge is 2.09. The Balaban J connectivity index is 2.52. The van der Waals surface area contributed by atoms with Crippen LogP contribution in [0.15, 0.2) is 27.6 Å². The van der Waals surface area contributed by atoms with Gasteiger partial charge in [0.05, 0.1) is 0 Å². The van der Waals surface area contributed by atoms with E-state index in [9.17, 15) is 0 Å². The maximum Gasteiger partial charge on any atom is 0.166 e. The van der Waals surface area contributed by atoms with Gasteiger partial charge in [0.25, 0.3) is 0 Å². The number of aryl methyl sites for hydroxylation is 1. The number of benzene rings is 1. The summed E-state index contributed by atoms with van der Waals surface area (Å²) in [5.74, 6) is 0.824. The van der Waals surface area contributed by atoms with E-state index in [1.54, 1.807) is 11.8 Å². The standard InChI is InChI=1S/C13H19BrO2S/c1-4-15-13(16-5-2)9-17-12-7-6-11(14)8-10(12)3/h6-8,13H,4-5,9H2,1-3H3. The van der Waals surface area contributed by atoms with Crippen molar-refractivity contribution >= 4 is 27.7 Å². The van der Waals surface area contributed by atoms with Crippen molar-refractivity contribution in [2.24, 2.45) is 0 Å². The minimum atomic E-state index is -0.113. The molecule has 0 amide bonds. The molecule has 0 saturated carbocycles. The molecule has 1 rings (SSSR count). The van der Waals surface area contributed by atoms with Gasteiger partial charge in [0.2, 0.25) is 0 Å². The van der Waals surface area contributed by atoms with Crippen LogP contribution in [0.4, 0.5) is 0 Å². The summed E-state index contributed by atoms with van der Waals surface area (Å²) in [7, 11) is 0. The zero-order valence-corrected chi connectivity index (χ0v) is 12.9. The predicted octanol–water partition coefficient (Wildman–Crippen LogP) is 4.25.